The number of carbonyl (C=O) groups is 2. The second-order valence-electron chi connectivity index (χ2n) is 7.42. The number of nitrogens with zero attached hydrogens (tertiary/aromatic N) is 2. The fourth-order valence-corrected chi connectivity index (χ4v) is 3.90. The SMILES string of the molecule is COc1ccc(CN2C(=O)CCC23CCN(CCO)CC3)cc1.O=C(O)C(F)(F)F. The van der Waals surface area contributed by atoms with Gasteiger partial charge in [0.2, 0.25) is 5.91 Å². The number of piperidine rings is 1. The van der Waals surface area contributed by atoms with E-state index in [1.807, 2.05) is 24.3 Å². The van der Waals surface area contributed by atoms with Gasteiger partial charge in [0.25, 0.3) is 0 Å². The van der Waals surface area contributed by atoms with Crippen LogP contribution in [0.3, 0.4) is 0 Å². The highest BCUT2D eigenvalue weighted by molar-refractivity contribution is 5.79. The number of β-amino-alcohol motifs (C(OH)–C–C–N with tert-alkyl or cyclic N) is 1. The predicted molar refractivity (Wildman–Crippen MR) is 102 cm³/mol. The van der Waals surface area contributed by atoms with Crippen LogP contribution in [0.25, 0.3) is 0 Å². The molecule has 2 heterocycles. The summed E-state index contributed by atoms with van der Waals surface area (Å²) in [6.45, 7) is 3.56. The number of alkyl halides is 3. The van der Waals surface area contributed by atoms with Crippen LogP contribution in [0.15, 0.2) is 24.3 Å². The quantitative estimate of drug-likeness (QED) is 0.742. The number of hydrogen-bond donors (Lipinski definition) is 2. The van der Waals surface area contributed by atoms with E-state index in [1.54, 1.807) is 7.11 Å². The number of carbonyl (C=O) groups excluding carboxylic acids is 1. The molecule has 0 radical (unpaired) electrons. The highest BCUT2D eigenvalue weighted by atomic mass is 19.4. The van der Waals surface area contributed by atoms with Crippen LogP contribution in [0, 0.1) is 0 Å². The first-order chi connectivity index (χ1) is 14.1. The van der Waals surface area contributed by atoms with Gasteiger partial charge in [-0.2, -0.15) is 13.2 Å². The van der Waals surface area contributed by atoms with E-state index in [1.165, 1.54) is 0 Å². The van der Waals surface area contributed by atoms with Crippen molar-refractivity contribution in [2.75, 3.05) is 33.4 Å². The molecule has 2 aliphatic heterocycles. The number of carboxylic acids is 1. The first-order valence-corrected chi connectivity index (χ1v) is 9.68. The molecule has 0 saturated carbocycles. The van der Waals surface area contributed by atoms with E-state index in [4.69, 9.17) is 19.7 Å². The first-order valence-electron chi connectivity index (χ1n) is 9.68. The van der Waals surface area contributed by atoms with Crippen LogP contribution >= 0.6 is 0 Å². The molecule has 1 aromatic rings. The summed E-state index contributed by atoms with van der Waals surface area (Å²) in [5.41, 5.74) is 1.17. The lowest BCUT2D eigenvalue weighted by molar-refractivity contribution is -0.192. The molecule has 0 unspecified atom stereocenters. The predicted octanol–water partition coefficient (Wildman–Crippen LogP) is 2.28. The topological polar surface area (TPSA) is 90.3 Å². The van der Waals surface area contributed by atoms with Gasteiger partial charge in [0.15, 0.2) is 0 Å². The number of benzene rings is 1. The molecule has 2 fully saturated rings. The van der Waals surface area contributed by atoms with Crippen LogP contribution in [0.4, 0.5) is 13.2 Å². The Hall–Kier alpha value is -2.33. The Morgan fingerprint density at radius 1 is 1.17 bits per heavy atom. The number of aliphatic hydroxyl groups is 1. The van der Waals surface area contributed by atoms with Gasteiger partial charge in [0.05, 0.1) is 13.7 Å². The number of aliphatic carboxylic acids is 1. The Morgan fingerprint density at radius 2 is 1.73 bits per heavy atom. The number of aliphatic hydroxyl groups excluding tert-OH is 1. The van der Waals surface area contributed by atoms with E-state index in [0.717, 1.165) is 50.2 Å². The maximum atomic E-state index is 12.4. The van der Waals surface area contributed by atoms with Crippen molar-refractivity contribution in [3.63, 3.8) is 0 Å². The van der Waals surface area contributed by atoms with Crippen LogP contribution in [0.1, 0.15) is 31.2 Å². The molecule has 7 nitrogen and oxygen atoms in total. The van der Waals surface area contributed by atoms with Gasteiger partial charge in [0, 0.05) is 38.1 Å². The molecular weight excluding hydrogens is 405 g/mol. The summed E-state index contributed by atoms with van der Waals surface area (Å²) in [6.07, 6.45) is -1.44. The van der Waals surface area contributed by atoms with Gasteiger partial charge in [-0.25, -0.2) is 4.79 Å². The van der Waals surface area contributed by atoms with E-state index in [2.05, 4.69) is 9.80 Å². The lowest BCUT2D eigenvalue weighted by Crippen LogP contribution is -2.53. The zero-order valence-corrected chi connectivity index (χ0v) is 16.8. The molecule has 1 amide bonds. The number of hydrogen-bond acceptors (Lipinski definition) is 5. The van der Waals surface area contributed by atoms with Crippen molar-refractivity contribution < 1.29 is 37.7 Å². The van der Waals surface area contributed by atoms with Crippen molar-refractivity contribution in [2.45, 2.75) is 43.9 Å². The second-order valence-corrected chi connectivity index (χ2v) is 7.42. The third kappa shape index (κ3) is 6.09. The largest absolute Gasteiger partial charge is 0.497 e. The summed E-state index contributed by atoms with van der Waals surface area (Å²) in [5, 5.41) is 16.2. The molecule has 0 aliphatic carbocycles. The van der Waals surface area contributed by atoms with E-state index in [0.29, 0.717) is 13.0 Å². The van der Waals surface area contributed by atoms with Gasteiger partial charge in [0.1, 0.15) is 5.75 Å². The number of methoxy groups -OCH3 is 1. The maximum Gasteiger partial charge on any atom is 0.490 e. The molecule has 2 N–H and O–H groups in total. The summed E-state index contributed by atoms with van der Waals surface area (Å²) in [7, 11) is 1.66. The number of rotatable bonds is 5. The molecule has 2 aliphatic rings. The van der Waals surface area contributed by atoms with Crippen molar-refractivity contribution in [1.82, 2.24) is 9.80 Å². The van der Waals surface area contributed by atoms with Crippen molar-refractivity contribution in [2.24, 2.45) is 0 Å². The molecule has 1 spiro atoms. The zero-order valence-electron chi connectivity index (χ0n) is 16.8. The molecule has 1 aromatic carbocycles. The van der Waals surface area contributed by atoms with Crippen molar-refractivity contribution >= 4 is 11.9 Å². The van der Waals surface area contributed by atoms with Gasteiger partial charge in [-0.05, 0) is 37.0 Å². The van der Waals surface area contributed by atoms with Gasteiger partial charge in [-0.1, -0.05) is 12.1 Å². The molecule has 0 bridgehead atoms. The van der Waals surface area contributed by atoms with Crippen LogP contribution in [0.2, 0.25) is 0 Å². The average Bonchev–Trinajstić information content (AvgIpc) is 3.00. The summed E-state index contributed by atoms with van der Waals surface area (Å²) >= 11 is 0. The van der Waals surface area contributed by atoms with Gasteiger partial charge in [-0.3, -0.25) is 4.79 Å². The van der Waals surface area contributed by atoms with Gasteiger partial charge >= 0.3 is 12.1 Å². The molecule has 30 heavy (non-hydrogen) atoms. The molecule has 2 saturated heterocycles. The Bertz CT molecular complexity index is 716. The van der Waals surface area contributed by atoms with Crippen molar-refractivity contribution in [1.29, 1.82) is 0 Å². The molecule has 168 valence electrons. The van der Waals surface area contributed by atoms with Crippen LogP contribution < -0.4 is 4.74 Å². The van der Waals surface area contributed by atoms with E-state index < -0.39 is 12.1 Å². The summed E-state index contributed by atoms with van der Waals surface area (Å²) in [5.74, 6) is -1.64. The Kier molecular flexibility index (Phi) is 8.08. The first kappa shape index (κ1) is 23.9. The second kappa shape index (κ2) is 10.1. The van der Waals surface area contributed by atoms with E-state index >= 15 is 0 Å². The van der Waals surface area contributed by atoms with E-state index in [9.17, 15) is 18.0 Å². The third-order valence-corrected chi connectivity index (χ3v) is 5.62. The average molecular weight is 432 g/mol. The number of likely N-dealkylation sites (tertiary alicyclic amines) is 2. The van der Waals surface area contributed by atoms with Gasteiger partial charge in [-0.15, -0.1) is 0 Å². The molecular formula is C20H27F3N2O5. The minimum atomic E-state index is -5.08. The lowest BCUT2D eigenvalue weighted by atomic mass is 9.84. The smallest absolute Gasteiger partial charge is 0.490 e. The number of ether oxygens (including phenoxy) is 1. The van der Waals surface area contributed by atoms with Crippen LogP contribution in [-0.4, -0.2) is 77.0 Å². The molecule has 10 heteroatoms. The fraction of sp³-hybridized carbons (Fsp3) is 0.600. The molecule has 3 rings (SSSR count). The third-order valence-electron chi connectivity index (χ3n) is 5.62. The van der Waals surface area contributed by atoms with Crippen molar-refractivity contribution in [3.8, 4) is 5.75 Å². The number of carboxylic acid groups (broad SMARTS) is 1. The minimum absolute atomic E-state index is 0.0168. The van der Waals surface area contributed by atoms with Crippen molar-refractivity contribution in [3.05, 3.63) is 29.8 Å². The maximum absolute atomic E-state index is 12.4. The van der Waals surface area contributed by atoms with Crippen LogP contribution in [-0.2, 0) is 16.1 Å². The standard InChI is InChI=1S/C18H26N2O3.C2HF3O2/c1-23-16-4-2-15(3-5-16)14-20-17(22)6-7-18(20)8-10-19(11-9-18)12-13-21;3-2(4,5)1(6)7/h2-5,21H,6-14H2,1H3;(H,6,7). The summed E-state index contributed by atoms with van der Waals surface area (Å²) in [6, 6.07) is 7.98. The zero-order chi connectivity index (χ0) is 22.4. The number of halogens is 3. The molecule has 0 aromatic heterocycles. The highest BCUT2D eigenvalue weighted by Crippen LogP contribution is 2.40. The summed E-state index contributed by atoms with van der Waals surface area (Å²) < 4.78 is 36.9. The highest BCUT2D eigenvalue weighted by Gasteiger charge is 2.46. The molecule has 0 atom stereocenters. The van der Waals surface area contributed by atoms with Gasteiger partial charge < -0.3 is 24.7 Å². The summed E-state index contributed by atoms with van der Waals surface area (Å²) in [4.78, 5) is 25.7. The Morgan fingerprint density at radius 3 is 2.20 bits per heavy atom. The Balaban J connectivity index is 0.000000396. The Labute approximate surface area is 173 Å². The fourth-order valence-electron chi connectivity index (χ4n) is 3.90. The normalized spacial score (nSPS) is 18.8. The monoisotopic (exact) mass is 432 g/mol. The minimum Gasteiger partial charge on any atom is -0.497 e. The lowest BCUT2D eigenvalue weighted by Gasteiger charge is -2.45. The van der Waals surface area contributed by atoms with Crippen LogP contribution in [0.5, 0.6) is 5.75 Å². The number of amides is 1. The van der Waals surface area contributed by atoms with E-state index in [-0.39, 0.29) is 18.1 Å².